The van der Waals surface area contributed by atoms with Crippen molar-refractivity contribution in [1.29, 1.82) is 0 Å². The van der Waals surface area contributed by atoms with Crippen LogP contribution in [0.3, 0.4) is 0 Å². The third kappa shape index (κ3) is 5.69. The van der Waals surface area contributed by atoms with Crippen LogP contribution in [-0.4, -0.2) is 37.9 Å². The van der Waals surface area contributed by atoms with Gasteiger partial charge in [0.05, 0.1) is 10.7 Å². The fraction of sp³-hybridized carbons (Fsp3) is 0.333. The van der Waals surface area contributed by atoms with Crippen LogP contribution in [0, 0.1) is 10.1 Å². The summed E-state index contributed by atoms with van der Waals surface area (Å²) in [5.74, 6) is -1.95. The number of nitro benzene ring substituents is 1. The summed E-state index contributed by atoms with van der Waals surface area (Å²) in [5, 5.41) is 21.6. The Kier molecular flexibility index (Phi) is 5.97. The molecule has 0 aromatic heterocycles. The lowest BCUT2D eigenvalue weighted by Crippen LogP contribution is -2.43. The Morgan fingerprint density at radius 2 is 1.95 bits per heavy atom. The van der Waals surface area contributed by atoms with E-state index in [-0.39, 0.29) is 17.2 Å². The quantitative estimate of drug-likeness (QED) is 0.555. The Hall–Kier alpha value is -2.29. The highest BCUT2D eigenvalue weighted by atomic mass is 32.2. The second-order valence-corrected chi connectivity index (χ2v) is 5.77. The SMILES string of the molecule is CC(=O)N[C@@H](CS(=O)Cc1ccc([N+](=O)[O-])cc1)C(=O)O. The molecule has 0 saturated heterocycles. The average molecular weight is 314 g/mol. The molecular formula is C12H14N2O6S. The van der Waals surface area contributed by atoms with Gasteiger partial charge in [0.2, 0.25) is 5.91 Å². The molecule has 0 aliphatic heterocycles. The minimum atomic E-state index is -1.52. The van der Waals surface area contributed by atoms with Crippen molar-refractivity contribution in [3.63, 3.8) is 0 Å². The zero-order valence-corrected chi connectivity index (χ0v) is 12.0. The second kappa shape index (κ2) is 7.48. The highest BCUT2D eigenvalue weighted by Crippen LogP contribution is 2.13. The standard InChI is InChI=1S/C12H14N2O6S/c1-8(15)13-11(12(16)17)7-21(20)6-9-2-4-10(5-3-9)14(18)19/h2-5,11H,6-7H2,1H3,(H,13,15)(H,16,17)/t11-,21?/m0/s1. The van der Waals surface area contributed by atoms with Crippen molar-refractivity contribution in [2.75, 3.05) is 5.75 Å². The van der Waals surface area contributed by atoms with Gasteiger partial charge in [-0.15, -0.1) is 0 Å². The molecule has 114 valence electrons. The molecule has 0 aliphatic rings. The molecule has 0 spiro atoms. The summed E-state index contributed by atoms with van der Waals surface area (Å²) in [6.07, 6.45) is 0. The minimum Gasteiger partial charge on any atom is -0.480 e. The van der Waals surface area contributed by atoms with E-state index in [1.165, 1.54) is 31.2 Å². The number of carbonyl (C=O) groups excluding carboxylic acids is 1. The number of aliphatic carboxylic acids is 1. The van der Waals surface area contributed by atoms with E-state index in [0.717, 1.165) is 0 Å². The molecule has 0 heterocycles. The van der Waals surface area contributed by atoms with Crippen LogP contribution in [0.5, 0.6) is 0 Å². The Bertz CT molecular complexity index is 572. The number of amides is 1. The van der Waals surface area contributed by atoms with E-state index in [9.17, 15) is 23.9 Å². The van der Waals surface area contributed by atoms with Gasteiger partial charge in [0.15, 0.2) is 0 Å². The van der Waals surface area contributed by atoms with Crippen molar-refractivity contribution in [3.8, 4) is 0 Å². The van der Waals surface area contributed by atoms with Gasteiger partial charge in [0.25, 0.3) is 5.69 Å². The fourth-order valence-corrected chi connectivity index (χ4v) is 2.84. The first-order valence-corrected chi connectivity index (χ1v) is 7.36. The molecule has 1 aromatic rings. The molecule has 0 aliphatic carbocycles. The number of rotatable bonds is 7. The van der Waals surface area contributed by atoms with Gasteiger partial charge in [0.1, 0.15) is 6.04 Å². The number of carbonyl (C=O) groups is 2. The molecule has 0 bridgehead atoms. The maximum Gasteiger partial charge on any atom is 0.327 e. The van der Waals surface area contributed by atoms with E-state index in [0.29, 0.717) is 5.56 Å². The summed E-state index contributed by atoms with van der Waals surface area (Å²) >= 11 is 0. The number of non-ortho nitro benzene ring substituents is 1. The van der Waals surface area contributed by atoms with Crippen LogP contribution in [0.1, 0.15) is 12.5 Å². The lowest BCUT2D eigenvalue weighted by atomic mass is 10.2. The average Bonchev–Trinajstić information content (AvgIpc) is 2.37. The predicted octanol–water partition coefficient (Wildman–Crippen LogP) is 0.433. The van der Waals surface area contributed by atoms with Crippen LogP contribution in [-0.2, 0) is 26.1 Å². The maximum absolute atomic E-state index is 11.9. The van der Waals surface area contributed by atoms with E-state index >= 15 is 0 Å². The lowest BCUT2D eigenvalue weighted by Gasteiger charge is -2.12. The lowest BCUT2D eigenvalue weighted by molar-refractivity contribution is -0.384. The Labute approximate surface area is 122 Å². The van der Waals surface area contributed by atoms with E-state index in [1.54, 1.807) is 0 Å². The summed E-state index contributed by atoms with van der Waals surface area (Å²) in [7, 11) is -1.52. The molecule has 1 unspecified atom stereocenters. The van der Waals surface area contributed by atoms with Crippen molar-refractivity contribution in [3.05, 3.63) is 39.9 Å². The molecule has 1 amide bonds. The van der Waals surface area contributed by atoms with Gasteiger partial charge in [-0.25, -0.2) is 4.79 Å². The first-order valence-electron chi connectivity index (χ1n) is 5.88. The van der Waals surface area contributed by atoms with Crippen molar-refractivity contribution in [2.24, 2.45) is 0 Å². The zero-order valence-electron chi connectivity index (χ0n) is 11.1. The first kappa shape index (κ1) is 16.8. The topological polar surface area (TPSA) is 127 Å². The third-order valence-electron chi connectivity index (χ3n) is 2.50. The second-order valence-electron chi connectivity index (χ2n) is 4.27. The van der Waals surface area contributed by atoms with E-state index in [1.807, 2.05) is 0 Å². The summed E-state index contributed by atoms with van der Waals surface area (Å²) in [5.41, 5.74) is 0.511. The van der Waals surface area contributed by atoms with Crippen LogP contribution in [0.15, 0.2) is 24.3 Å². The highest BCUT2D eigenvalue weighted by molar-refractivity contribution is 7.84. The number of carboxylic acids is 1. The van der Waals surface area contributed by atoms with Gasteiger partial charge in [-0.2, -0.15) is 0 Å². The molecule has 0 radical (unpaired) electrons. The monoisotopic (exact) mass is 314 g/mol. The van der Waals surface area contributed by atoms with Gasteiger partial charge >= 0.3 is 5.97 Å². The molecule has 1 aromatic carbocycles. The number of hydrogen-bond donors (Lipinski definition) is 2. The smallest absolute Gasteiger partial charge is 0.327 e. The fourth-order valence-electron chi connectivity index (χ4n) is 1.56. The summed E-state index contributed by atoms with van der Waals surface area (Å²) in [4.78, 5) is 31.7. The van der Waals surface area contributed by atoms with Crippen molar-refractivity contribution >= 4 is 28.4 Å². The predicted molar refractivity (Wildman–Crippen MR) is 75.1 cm³/mol. The zero-order chi connectivity index (χ0) is 16.0. The highest BCUT2D eigenvalue weighted by Gasteiger charge is 2.21. The summed E-state index contributed by atoms with van der Waals surface area (Å²) < 4.78 is 11.9. The van der Waals surface area contributed by atoms with Crippen LogP contribution in [0.25, 0.3) is 0 Å². The molecule has 2 N–H and O–H groups in total. The number of nitrogens with one attached hydrogen (secondary N) is 1. The molecule has 21 heavy (non-hydrogen) atoms. The molecule has 0 saturated carbocycles. The summed E-state index contributed by atoms with van der Waals surface area (Å²) in [6.45, 7) is 1.18. The Morgan fingerprint density at radius 1 is 1.38 bits per heavy atom. The largest absolute Gasteiger partial charge is 0.480 e. The number of benzene rings is 1. The van der Waals surface area contributed by atoms with Crippen molar-refractivity contribution < 1.29 is 23.8 Å². The van der Waals surface area contributed by atoms with Gasteiger partial charge in [0, 0.05) is 35.6 Å². The molecular weight excluding hydrogens is 300 g/mol. The van der Waals surface area contributed by atoms with Crippen LogP contribution >= 0.6 is 0 Å². The Morgan fingerprint density at radius 3 is 2.38 bits per heavy atom. The van der Waals surface area contributed by atoms with E-state index in [2.05, 4.69) is 5.32 Å². The number of nitrogens with zero attached hydrogens (tertiary/aromatic N) is 1. The van der Waals surface area contributed by atoms with Gasteiger partial charge in [-0.1, -0.05) is 12.1 Å². The minimum absolute atomic E-state index is 0.0569. The molecule has 1 rings (SSSR count). The maximum atomic E-state index is 11.9. The molecule has 9 heteroatoms. The first-order chi connectivity index (χ1) is 9.79. The van der Waals surface area contributed by atoms with Crippen molar-refractivity contribution in [2.45, 2.75) is 18.7 Å². The summed E-state index contributed by atoms with van der Waals surface area (Å²) in [6, 6.07) is 4.28. The van der Waals surface area contributed by atoms with Gasteiger partial charge in [-0.3, -0.25) is 19.1 Å². The normalized spacial score (nSPS) is 13.2. The Balaban J connectivity index is 2.65. The van der Waals surface area contributed by atoms with E-state index < -0.39 is 33.6 Å². The van der Waals surface area contributed by atoms with Gasteiger partial charge < -0.3 is 10.4 Å². The van der Waals surface area contributed by atoms with Crippen molar-refractivity contribution in [1.82, 2.24) is 5.32 Å². The molecule has 2 atom stereocenters. The van der Waals surface area contributed by atoms with E-state index in [4.69, 9.17) is 5.11 Å². The molecule has 0 fully saturated rings. The van der Waals surface area contributed by atoms with Crippen LogP contribution in [0.2, 0.25) is 0 Å². The number of carboxylic acid groups (broad SMARTS) is 1. The number of hydrogen-bond acceptors (Lipinski definition) is 5. The van der Waals surface area contributed by atoms with Gasteiger partial charge in [-0.05, 0) is 5.56 Å². The molecule has 8 nitrogen and oxygen atoms in total. The van der Waals surface area contributed by atoms with Crippen LogP contribution in [0.4, 0.5) is 5.69 Å². The third-order valence-corrected chi connectivity index (χ3v) is 3.86. The number of nitro groups is 1. The van der Waals surface area contributed by atoms with Crippen LogP contribution < -0.4 is 5.32 Å².